The van der Waals surface area contributed by atoms with Crippen LogP contribution in [-0.4, -0.2) is 45.3 Å². The molecule has 1 aromatic rings. The molecule has 0 amide bonds. The van der Waals surface area contributed by atoms with Gasteiger partial charge in [0.05, 0.1) is 0 Å². The molecule has 0 unspecified atom stereocenters. The van der Waals surface area contributed by atoms with E-state index in [1.165, 1.54) is 5.56 Å². The quantitative estimate of drug-likeness (QED) is 0.661. The van der Waals surface area contributed by atoms with Gasteiger partial charge in [-0.25, -0.2) is 0 Å². The molecule has 96 valence electrons. The maximum absolute atomic E-state index is 5.00. The Morgan fingerprint density at radius 2 is 1.94 bits per heavy atom. The number of rotatable bonds is 9. The van der Waals surface area contributed by atoms with Crippen LogP contribution in [0.5, 0.6) is 0 Å². The molecule has 0 aliphatic heterocycles. The lowest BCUT2D eigenvalue weighted by atomic mass is 10.2. The molecule has 1 aromatic carbocycles. The summed E-state index contributed by atoms with van der Waals surface area (Å²) < 4.78 is 5.00. The largest absolute Gasteiger partial charge is 0.385 e. The van der Waals surface area contributed by atoms with Crippen LogP contribution in [0.15, 0.2) is 30.3 Å². The number of nitrogens with one attached hydrogen (secondary N) is 1. The van der Waals surface area contributed by atoms with Crippen molar-refractivity contribution < 1.29 is 4.74 Å². The molecule has 0 bridgehead atoms. The Balaban J connectivity index is 2.03. The van der Waals surface area contributed by atoms with Gasteiger partial charge >= 0.3 is 0 Å². The van der Waals surface area contributed by atoms with Crippen LogP contribution in [0.1, 0.15) is 12.0 Å². The monoisotopic (exact) mass is 236 g/mol. The summed E-state index contributed by atoms with van der Waals surface area (Å²) in [5, 5.41) is 3.42. The Morgan fingerprint density at radius 1 is 1.18 bits per heavy atom. The van der Waals surface area contributed by atoms with E-state index >= 15 is 0 Å². The minimum absolute atomic E-state index is 0.840. The maximum Gasteiger partial charge on any atom is 0.0474 e. The highest BCUT2D eigenvalue weighted by Gasteiger charge is 1.98. The zero-order chi connectivity index (χ0) is 12.3. The van der Waals surface area contributed by atoms with Crippen molar-refractivity contribution in [1.29, 1.82) is 0 Å². The van der Waals surface area contributed by atoms with Crippen molar-refractivity contribution in [3.05, 3.63) is 35.9 Å². The molecular formula is C14H24N2O. The second-order valence-electron chi connectivity index (χ2n) is 4.32. The van der Waals surface area contributed by atoms with Crippen molar-refractivity contribution in [3.63, 3.8) is 0 Å². The molecule has 0 spiro atoms. The van der Waals surface area contributed by atoms with Gasteiger partial charge in [0.15, 0.2) is 0 Å². The van der Waals surface area contributed by atoms with Crippen molar-refractivity contribution in [2.75, 3.05) is 40.4 Å². The average molecular weight is 236 g/mol. The Hall–Kier alpha value is -0.900. The molecule has 0 radical (unpaired) electrons. The zero-order valence-electron chi connectivity index (χ0n) is 11.0. The molecule has 0 heterocycles. The fourth-order valence-electron chi connectivity index (χ4n) is 1.71. The SMILES string of the molecule is COCCCNCCN(C)Cc1ccccc1. The number of hydrogen-bond acceptors (Lipinski definition) is 3. The Morgan fingerprint density at radius 3 is 2.65 bits per heavy atom. The second-order valence-corrected chi connectivity index (χ2v) is 4.32. The van der Waals surface area contributed by atoms with Crippen molar-refractivity contribution in [1.82, 2.24) is 10.2 Å². The fraction of sp³-hybridized carbons (Fsp3) is 0.571. The molecule has 0 aromatic heterocycles. The van der Waals surface area contributed by atoms with Crippen LogP contribution in [0, 0.1) is 0 Å². The van der Waals surface area contributed by atoms with Crippen LogP contribution in [0.2, 0.25) is 0 Å². The Labute approximate surface area is 105 Å². The third-order valence-corrected chi connectivity index (χ3v) is 2.67. The van der Waals surface area contributed by atoms with Gasteiger partial charge in [-0.1, -0.05) is 30.3 Å². The summed E-state index contributed by atoms with van der Waals surface area (Å²) in [6.07, 6.45) is 1.08. The van der Waals surface area contributed by atoms with Gasteiger partial charge in [-0.2, -0.15) is 0 Å². The third-order valence-electron chi connectivity index (χ3n) is 2.67. The fourth-order valence-corrected chi connectivity index (χ4v) is 1.71. The molecule has 0 aliphatic rings. The van der Waals surface area contributed by atoms with E-state index in [-0.39, 0.29) is 0 Å². The molecular weight excluding hydrogens is 212 g/mol. The summed E-state index contributed by atoms with van der Waals surface area (Å²) in [6, 6.07) is 10.6. The van der Waals surface area contributed by atoms with E-state index in [0.717, 1.165) is 39.2 Å². The normalized spacial score (nSPS) is 11.0. The molecule has 17 heavy (non-hydrogen) atoms. The molecule has 0 saturated carbocycles. The second kappa shape index (κ2) is 9.16. The summed E-state index contributed by atoms with van der Waals surface area (Å²) in [5.74, 6) is 0. The number of benzene rings is 1. The first-order chi connectivity index (χ1) is 8.33. The predicted octanol–water partition coefficient (Wildman–Crippen LogP) is 1.74. The van der Waals surface area contributed by atoms with E-state index in [9.17, 15) is 0 Å². The molecule has 3 nitrogen and oxygen atoms in total. The highest BCUT2D eigenvalue weighted by atomic mass is 16.5. The lowest BCUT2D eigenvalue weighted by Gasteiger charge is -2.16. The van der Waals surface area contributed by atoms with Gasteiger partial charge in [-0.3, -0.25) is 0 Å². The minimum Gasteiger partial charge on any atom is -0.385 e. The lowest BCUT2D eigenvalue weighted by Crippen LogP contribution is -2.29. The number of ether oxygens (including phenoxy) is 1. The van der Waals surface area contributed by atoms with Crippen molar-refractivity contribution >= 4 is 0 Å². The molecule has 1 rings (SSSR count). The highest BCUT2D eigenvalue weighted by Crippen LogP contribution is 2.01. The van der Waals surface area contributed by atoms with Crippen LogP contribution in [0.3, 0.4) is 0 Å². The highest BCUT2D eigenvalue weighted by molar-refractivity contribution is 5.14. The van der Waals surface area contributed by atoms with Gasteiger partial charge in [0, 0.05) is 33.4 Å². The summed E-state index contributed by atoms with van der Waals surface area (Å²) in [6.45, 7) is 5.00. The maximum atomic E-state index is 5.00. The predicted molar refractivity (Wildman–Crippen MR) is 72.1 cm³/mol. The van der Waals surface area contributed by atoms with Crippen molar-refractivity contribution in [2.45, 2.75) is 13.0 Å². The van der Waals surface area contributed by atoms with Crippen molar-refractivity contribution in [3.8, 4) is 0 Å². The van der Waals surface area contributed by atoms with Gasteiger partial charge in [-0.15, -0.1) is 0 Å². The smallest absolute Gasteiger partial charge is 0.0474 e. The van der Waals surface area contributed by atoms with Crippen molar-refractivity contribution in [2.24, 2.45) is 0 Å². The molecule has 0 saturated heterocycles. The summed E-state index contributed by atoms with van der Waals surface area (Å²) in [4.78, 5) is 2.33. The van der Waals surface area contributed by atoms with Gasteiger partial charge < -0.3 is 15.0 Å². The van der Waals surface area contributed by atoms with E-state index < -0.39 is 0 Å². The number of nitrogens with zero attached hydrogens (tertiary/aromatic N) is 1. The van der Waals surface area contributed by atoms with E-state index in [0.29, 0.717) is 0 Å². The summed E-state index contributed by atoms with van der Waals surface area (Å²) in [7, 11) is 3.90. The van der Waals surface area contributed by atoms with Crippen LogP contribution in [0.4, 0.5) is 0 Å². The minimum atomic E-state index is 0.840. The standard InChI is InChI=1S/C14H24N2O/c1-16(11-10-15-9-6-12-17-2)13-14-7-4-3-5-8-14/h3-5,7-8,15H,6,9-13H2,1-2H3. The average Bonchev–Trinajstić information content (AvgIpc) is 2.35. The van der Waals surface area contributed by atoms with Crippen LogP contribution in [0.25, 0.3) is 0 Å². The third kappa shape index (κ3) is 7.10. The van der Waals surface area contributed by atoms with E-state index in [1.54, 1.807) is 7.11 Å². The molecule has 1 N–H and O–H groups in total. The van der Waals surface area contributed by atoms with Gasteiger partial charge in [0.1, 0.15) is 0 Å². The topological polar surface area (TPSA) is 24.5 Å². The Bertz CT molecular complexity index is 277. The number of methoxy groups -OCH3 is 1. The number of hydrogen-bond donors (Lipinski definition) is 1. The zero-order valence-corrected chi connectivity index (χ0v) is 11.0. The Kier molecular flexibility index (Phi) is 7.63. The van der Waals surface area contributed by atoms with Gasteiger partial charge in [0.25, 0.3) is 0 Å². The van der Waals surface area contributed by atoms with Crippen LogP contribution in [-0.2, 0) is 11.3 Å². The first kappa shape index (κ1) is 14.2. The summed E-state index contributed by atoms with van der Waals surface area (Å²) in [5.41, 5.74) is 1.37. The first-order valence-corrected chi connectivity index (χ1v) is 6.25. The molecule has 0 atom stereocenters. The van der Waals surface area contributed by atoms with Crippen LogP contribution < -0.4 is 5.32 Å². The van der Waals surface area contributed by atoms with Gasteiger partial charge in [0.2, 0.25) is 0 Å². The van der Waals surface area contributed by atoms with Crippen LogP contribution >= 0.6 is 0 Å². The number of likely N-dealkylation sites (N-methyl/N-ethyl adjacent to an activating group) is 1. The van der Waals surface area contributed by atoms with E-state index in [2.05, 4.69) is 47.6 Å². The molecule has 0 fully saturated rings. The molecule has 3 heteroatoms. The van der Waals surface area contributed by atoms with Gasteiger partial charge in [-0.05, 0) is 25.6 Å². The summed E-state index contributed by atoms with van der Waals surface area (Å²) >= 11 is 0. The lowest BCUT2D eigenvalue weighted by molar-refractivity contribution is 0.194. The van der Waals surface area contributed by atoms with E-state index in [4.69, 9.17) is 4.74 Å². The van der Waals surface area contributed by atoms with E-state index in [1.807, 2.05) is 0 Å². The molecule has 0 aliphatic carbocycles. The first-order valence-electron chi connectivity index (χ1n) is 6.25.